The van der Waals surface area contributed by atoms with Gasteiger partial charge in [-0.3, -0.25) is 4.79 Å². The predicted molar refractivity (Wildman–Crippen MR) is 118 cm³/mol. The van der Waals surface area contributed by atoms with E-state index in [1.165, 1.54) is 4.31 Å². The number of sulfonamides is 1. The van der Waals surface area contributed by atoms with Crippen LogP contribution in [0.5, 0.6) is 5.75 Å². The Morgan fingerprint density at radius 2 is 1.68 bits per heavy atom. The minimum absolute atomic E-state index is 0.226. The first-order valence-electron chi connectivity index (χ1n) is 10.2. The Morgan fingerprint density at radius 1 is 0.968 bits per heavy atom. The SMILES string of the molecule is COc1ccc2oc(C(=O)N3CCN(S(=O)(=O)c4ccc(C)c(C)c4)CC3)c(C)c2c1. The van der Waals surface area contributed by atoms with E-state index in [-0.39, 0.29) is 29.7 Å². The number of carbonyl (C=O) groups excluding carboxylic acids is 1. The molecule has 1 aliphatic rings. The summed E-state index contributed by atoms with van der Waals surface area (Å²) in [4.78, 5) is 15.0. The number of hydrogen-bond acceptors (Lipinski definition) is 5. The van der Waals surface area contributed by atoms with Gasteiger partial charge in [0.2, 0.25) is 10.0 Å². The minimum atomic E-state index is -3.59. The van der Waals surface area contributed by atoms with E-state index in [0.29, 0.717) is 24.4 Å². The van der Waals surface area contributed by atoms with Gasteiger partial charge in [0.05, 0.1) is 12.0 Å². The highest BCUT2D eigenvalue weighted by molar-refractivity contribution is 7.89. The number of methoxy groups -OCH3 is 1. The smallest absolute Gasteiger partial charge is 0.289 e. The first-order valence-corrected chi connectivity index (χ1v) is 11.6. The molecular formula is C23H26N2O5S. The maximum absolute atomic E-state index is 13.1. The number of furan rings is 1. The number of nitrogens with zero attached hydrogens (tertiary/aromatic N) is 2. The fraction of sp³-hybridized carbons (Fsp3) is 0.348. The van der Waals surface area contributed by atoms with Crippen LogP contribution in [0.3, 0.4) is 0 Å². The number of benzene rings is 2. The van der Waals surface area contributed by atoms with Crippen molar-refractivity contribution in [2.24, 2.45) is 0 Å². The second-order valence-electron chi connectivity index (χ2n) is 7.86. The second-order valence-corrected chi connectivity index (χ2v) is 9.80. The predicted octanol–water partition coefficient (Wildman–Crippen LogP) is 3.51. The van der Waals surface area contributed by atoms with Crippen LogP contribution in [-0.2, 0) is 10.0 Å². The molecule has 0 aliphatic carbocycles. The maximum atomic E-state index is 13.1. The summed E-state index contributed by atoms with van der Waals surface area (Å²) in [7, 11) is -2.00. The number of aryl methyl sites for hydroxylation is 3. The number of ether oxygens (including phenoxy) is 1. The summed E-state index contributed by atoms with van der Waals surface area (Å²) in [5.74, 6) is 0.755. The number of amides is 1. The van der Waals surface area contributed by atoms with Crippen LogP contribution in [0.25, 0.3) is 11.0 Å². The zero-order valence-corrected chi connectivity index (χ0v) is 19.0. The average Bonchev–Trinajstić information content (AvgIpc) is 3.10. The van der Waals surface area contributed by atoms with Crippen molar-refractivity contribution in [3.63, 3.8) is 0 Å². The van der Waals surface area contributed by atoms with Gasteiger partial charge in [-0.25, -0.2) is 8.42 Å². The molecule has 0 unspecified atom stereocenters. The van der Waals surface area contributed by atoms with E-state index in [2.05, 4.69) is 0 Å². The summed E-state index contributed by atoms with van der Waals surface area (Å²) in [6, 6.07) is 10.6. The van der Waals surface area contributed by atoms with Gasteiger partial charge in [0.25, 0.3) is 5.91 Å². The van der Waals surface area contributed by atoms with E-state index in [4.69, 9.17) is 9.15 Å². The Bertz CT molecular complexity index is 1250. The number of rotatable bonds is 4. The summed E-state index contributed by atoms with van der Waals surface area (Å²) in [5, 5.41) is 0.832. The molecule has 31 heavy (non-hydrogen) atoms. The quantitative estimate of drug-likeness (QED) is 0.618. The molecule has 164 valence electrons. The fourth-order valence-electron chi connectivity index (χ4n) is 3.83. The Morgan fingerprint density at radius 3 is 2.32 bits per heavy atom. The molecule has 0 spiro atoms. The van der Waals surface area contributed by atoms with Crippen LogP contribution in [0.4, 0.5) is 0 Å². The Balaban J connectivity index is 1.51. The van der Waals surface area contributed by atoms with Gasteiger partial charge in [0, 0.05) is 37.1 Å². The normalized spacial score (nSPS) is 15.4. The molecule has 7 nitrogen and oxygen atoms in total. The first-order chi connectivity index (χ1) is 14.7. The van der Waals surface area contributed by atoms with Crippen LogP contribution in [0, 0.1) is 20.8 Å². The van der Waals surface area contributed by atoms with Crippen molar-refractivity contribution in [2.45, 2.75) is 25.7 Å². The minimum Gasteiger partial charge on any atom is -0.497 e. The monoisotopic (exact) mass is 442 g/mol. The highest BCUT2D eigenvalue weighted by Gasteiger charge is 2.32. The average molecular weight is 443 g/mol. The summed E-state index contributed by atoms with van der Waals surface area (Å²) < 4.78 is 38.6. The zero-order valence-electron chi connectivity index (χ0n) is 18.1. The van der Waals surface area contributed by atoms with E-state index in [1.807, 2.05) is 32.9 Å². The number of fused-ring (bicyclic) bond motifs is 1. The van der Waals surface area contributed by atoms with Crippen LogP contribution in [-0.4, -0.2) is 56.8 Å². The molecule has 1 amide bonds. The van der Waals surface area contributed by atoms with Crippen molar-refractivity contribution >= 4 is 26.9 Å². The van der Waals surface area contributed by atoms with Gasteiger partial charge in [0.15, 0.2) is 5.76 Å². The van der Waals surface area contributed by atoms with Crippen molar-refractivity contribution in [3.8, 4) is 5.75 Å². The van der Waals surface area contributed by atoms with Crippen LogP contribution in [0.15, 0.2) is 45.7 Å². The first kappa shape index (κ1) is 21.4. The molecule has 2 heterocycles. The second kappa shape index (κ2) is 8.01. The standard InChI is InChI=1S/C23H26N2O5S/c1-15-5-7-19(13-16(15)2)31(27,28)25-11-9-24(10-12-25)23(26)22-17(3)20-14-18(29-4)6-8-21(20)30-22/h5-8,13-14H,9-12H2,1-4H3. The molecule has 0 radical (unpaired) electrons. The zero-order chi connectivity index (χ0) is 22.3. The van der Waals surface area contributed by atoms with Crippen LogP contribution in [0.1, 0.15) is 27.2 Å². The van der Waals surface area contributed by atoms with Gasteiger partial charge >= 0.3 is 0 Å². The molecule has 0 atom stereocenters. The van der Waals surface area contributed by atoms with Gasteiger partial charge in [0.1, 0.15) is 11.3 Å². The molecule has 1 saturated heterocycles. The molecule has 8 heteroatoms. The van der Waals surface area contributed by atoms with Crippen molar-refractivity contribution in [2.75, 3.05) is 33.3 Å². The lowest BCUT2D eigenvalue weighted by Crippen LogP contribution is -2.50. The fourth-order valence-corrected chi connectivity index (χ4v) is 5.34. The van der Waals surface area contributed by atoms with Gasteiger partial charge < -0.3 is 14.1 Å². The lowest BCUT2D eigenvalue weighted by Gasteiger charge is -2.33. The molecule has 1 aromatic heterocycles. The van der Waals surface area contributed by atoms with Gasteiger partial charge in [-0.1, -0.05) is 6.07 Å². The molecule has 2 aromatic carbocycles. The van der Waals surface area contributed by atoms with Crippen molar-refractivity contribution in [1.29, 1.82) is 0 Å². The van der Waals surface area contributed by atoms with E-state index in [1.54, 1.807) is 36.3 Å². The van der Waals surface area contributed by atoms with Crippen LogP contribution in [0.2, 0.25) is 0 Å². The lowest BCUT2D eigenvalue weighted by molar-refractivity contribution is 0.0667. The Hall–Kier alpha value is -2.84. The Labute approximate surface area is 182 Å². The molecule has 0 bridgehead atoms. The Kier molecular flexibility index (Phi) is 5.53. The molecular weight excluding hydrogens is 416 g/mol. The van der Waals surface area contributed by atoms with Crippen molar-refractivity contribution in [1.82, 2.24) is 9.21 Å². The van der Waals surface area contributed by atoms with Crippen molar-refractivity contribution in [3.05, 3.63) is 58.8 Å². The summed E-state index contributed by atoms with van der Waals surface area (Å²) in [6.07, 6.45) is 0. The summed E-state index contributed by atoms with van der Waals surface area (Å²) in [6.45, 7) is 6.80. The molecule has 3 aromatic rings. The van der Waals surface area contributed by atoms with Crippen LogP contribution >= 0.6 is 0 Å². The van der Waals surface area contributed by atoms with E-state index in [0.717, 1.165) is 22.1 Å². The summed E-state index contributed by atoms with van der Waals surface area (Å²) in [5.41, 5.74) is 3.36. The van der Waals surface area contributed by atoms with Gasteiger partial charge in [-0.15, -0.1) is 0 Å². The number of carbonyl (C=O) groups is 1. The topological polar surface area (TPSA) is 80.1 Å². The number of piperazine rings is 1. The molecule has 0 saturated carbocycles. The van der Waals surface area contributed by atoms with Crippen molar-refractivity contribution < 1.29 is 22.4 Å². The molecule has 1 fully saturated rings. The molecule has 4 rings (SSSR count). The molecule has 1 aliphatic heterocycles. The van der Waals surface area contributed by atoms with E-state index in [9.17, 15) is 13.2 Å². The van der Waals surface area contributed by atoms with Gasteiger partial charge in [-0.05, 0) is 62.2 Å². The largest absolute Gasteiger partial charge is 0.497 e. The third kappa shape index (κ3) is 3.81. The molecule has 0 N–H and O–H groups in total. The van der Waals surface area contributed by atoms with Crippen LogP contribution < -0.4 is 4.74 Å². The van der Waals surface area contributed by atoms with E-state index >= 15 is 0 Å². The highest BCUT2D eigenvalue weighted by Crippen LogP contribution is 2.30. The highest BCUT2D eigenvalue weighted by atomic mass is 32.2. The number of hydrogen-bond donors (Lipinski definition) is 0. The van der Waals surface area contributed by atoms with E-state index < -0.39 is 10.0 Å². The summed E-state index contributed by atoms with van der Waals surface area (Å²) >= 11 is 0. The third-order valence-corrected chi connectivity index (χ3v) is 7.87. The maximum Gasteiger partial charge on any atom is 0.289 e. The van der Waals surface area contributed by atoms with Gasteiger partial charge in [-0.2, -0.15) is 4.31 Å². The lowest BCUT2D eigenvalue weighted by atomic mass is 10.1. The third-order valence-electron chi connectivity index (χ3n) is 5.98.